The molecular weight excluding hydrogens is 407 g/mol. The van der Waals surface area contributed by atoms with Crippen LogP contribution in [0.2, 0.25) is 0 Å². The van der Waals surface area contributed by atoms with Crippen LogP contribution >= 0.6 is 7.92 Å². The topological polar surface area (TPSA) is 78.8 Å². The molecule has 0 aliphatic carbocycles. The number of amides is 2. The van der Waals surface area contributed by atoms with Crippen molar-refractivity contribution in [3.8, 4) is 11.3 Å². The highest BCUT2D eigenvalue weighted by atomic mass is 31.1. The highest BCUT2D eigenvalue weighted by Gasteiger charge is 2.46. The lowest BCUT2D eigenvalue weighted by Gasteiger charge is -2.23. The van der Waals surface area contributed by atoms with Crippen LogP contribution in [0, 0.1) is 0 Å². The fraction of sp³-hybridized carbons (Fsp3) is 0.435. The molecule has 2 aliphatic rings. The van der Waals surface area contributed by atoms with Crippen LogP contribution in [0.25, 0.3) is 28.4 Å². The molecule has 162 valence electrons. The van der Waals surface area contributed by atoms with E-state index < -0.39 is 0 Å². The van der Waals surface area contributed by atoms with Gasteiger partial charge in [0.25, 0.3) is 0 Å². The molecule has 8 heteroatoms. The number of carbonyl (C=O) groups is 1. The van der Waals surface area contributed by atoms with E-state index in [4.69, 9.17) is 5.10 Å². The van der Waals surface area contributed by atoms with Crippen molar-refractivity contribution in [1.29, 1.82) is 0 Å². The number of nitrogens with one attached hydrogen (secondary N) is 2. The molecule has 5 rings (SSSR count). The van der Waals surface area contributed by atoms with Crippen molar-refractivity contribution in [3.63, 3.8) is 0 Å². The summed E-state index contributed by atoms with van der Waals surface area (Å²) in [5.41, 5.74) is 5.34. The predicted molar refractivity (Wildman–Crippen MR) is 127 cm³/mol. The van der Waals surface area contributed by atoms with E-state index in [2.05, 4.69) is 57.3 Å². The van der Waals surface area contributed by atoms with Crippen LogP contribution in [0.1, 0.15) is 31.0 Å². The number of likely N-dealkylation sites (tertiary alicyclic amines) is 1. The molecule has 1 unspecified atom stereocenters. The SMILES string of the molecule is CCNC(=O)N1CCC2(CCn3nc(-c4cnc5[nH]cc(/C=C/P(C)C)c5c4)cc32)C1. The zero-order valence-corrected chi connectivity index (χ0v) is 19.2. The van der Waals surface area contributed by atoms with E-state index in [0.29, 0.717) is 6.54 Å². The lowest BCUT2D eigenvalue weighted by Crippen LogP contribution is -2.40. The lowest BCUT2D eigenvalue weighted by molar-refractivity contribution is 0.206. The first-order valence-electron chi connectivity index (χ1n) is 10.9. The molecule has 0 saturated carbocycles. The highest BCUT2D eigenvalue weighted by molar-refractivity contribution is 7.59. The second-order valence-electron chi connectivity index (χ2n) is 8.82. The molecule has 2 N–H and O–H groups in total. The maximum Gasteiger partial charge on any atom is 0.317 e. The Morgan fingerprint density at radius 2 is 2.16 bits per heavy atom. The molecule has 7 nitrogen and oxygen atoms in total. The minimum Gasteiger partial charge on any atom is -0.346 e. The summed E-state index contributed by atoms with van der Waals surface area (Å²) in [6, 6.07) is 4.45. The summed E-state index contributed by atoms with van der Waals surface area (Å²) in [6.45, 7) is 9.57. The second-order valence-corrected chi connectivity index (χ2v) is 11.0. The number of urea groups is 1. The Morgan fingerprint density at radius 3 is 2.97 bits per heavy atom. The first kappa shape index (κ1) is 20.3. The first-order valence-corrected chi connectivity index (χ1v) is 13.2. The summed E-state index contributed by atoms with van der Waals surface area (Å²) in [5, 5.41) is 8.97. The Labute approximate surface area is 183 Å². The average Bonchev–Trinajstić information content (AvgIpc) is 3.51. The maximum atomic E-state index is 12.3. The number of aryl methyl sites for hydroxylation is 1. The zero-order valence-electron chi connectivity index (χ0n) is 18.4. The molecule has 0 bridgehead atoms. The van der Waals surface area contributed by atoms with E-state index in [1.807, 2.05) is 24.2 Å². The number of nitrogens with zero attached hydrogens (tertiary/aromatic N) is 4. The van der Waals surface area contributed by atoms with E-state index >= 15 is 0 Å². The van der Waals surface area contributed by atoms with Crippen molar-refractivity contribution in [2.45, 2.75) is 31.7 Å². The summed E-state index contributed by atoms with van der Waals surface area (Å²) < 4.78 is 2.14. The van der Waals surface area contributed by atoms with Crippen molar-refractivity contribution in [3.05, 3.63) is 41.6 Å². The number of hydrogen-bond donors (Lipinski definition) is 2. The monoisotopic (exact) mass is 436 g/mol. The third-order valence-electron chi connectivity index (χ3n) is 6.51. The molecule has 3 aromatic rings. The van der Waals surface area contributed by atoms with Gasteiger partial charge in [-0.3, -0.25) is 4.68 Å². The third kappa shape index (κ3) is 3.55. The smallest absolute Gasteiger partial charge is 0.317 e. The van der Waals surface area contributed by atoms with E-state index in [-0.39, 0.29) is 19.4 Å². The van der Waals surface area contributed by atoms with Gasteiger partial charge in [-0.2, -0.15) is 5.10 Å². The van der Waals surface area contributed by atoms with Crippen LogP contribution in [0.3, 0.4) is 0 Å². The van der Waals surface area contributed by atoms with E-state index in [1.54, 1.807) is 0 Å². The fourth-order valence-corrected chi connectivity index (χ4v) is 5.31. The summed E-state index contributed by atoms with van der Waals surface area (Å²) in [5.74, 6) is 2.26. The van der Waals surface area contributed by atoms with Gasteiger partial charge in [0.15, 0.2) is 0 Å². The van der Waals surface area contributed by atoms with Crippen LogP contribution in [0.5, 0.6) is 0 Å². The molecule has 2 amide bonds. The van der Waals surface area contributed by atoms with Gasteiger partial charge in [-0.15, -0.1) is 0 Å². The number of H-pyrrole nitrogens is 1. The Hall–Kier alpha value is -2.66. The first-order chi connectivity index (χ1) is 15.0. The molecule has 31 heavy (non-hydrogen) atoms. The van der Waals surface area contributed by atoms with Gasteiger partial charge < -0.3 is 15.2 Å². The Balaban J connectivity index is 1.45. The summed E-state index contributed by atoms with van der Waals surface area (Å²) in [4.78, 5) is 22.2. The number of aromatic amines is 1. The van der Waals surface area contributed by atoms with Gasteiger partial charge in [-0.1, -0.05) is 19.8 Å². The van der Waals surface area contributed by atoms with Crippen molar-refractivity contribution < 1.29 is 4.79 Å². The molecular formula is C23H29N6OP. The molecule has 5 heterocycles. The lowest BCUT2D eigenvalue weighted by atomic mass is 9.82. The van der Waals surface area contributed by atoms with Gasteiger partial charge in [0.05, 0.1) is 5.69 Å². The van der Waals surface area contributed by atoms with Gasteiger partial charge in [-0.05, 0) is 45.2 Å². The summed E-state index contributed by atoms with van der Waals surface area (Å²) in [6.07, 6.45) is 8.15. The average molecular weight is 437 g/mol. The maximum absolute atomic E-state index is 12.3. The van der Waals surface area contributed by atoms with Crippen LogP contribution in [0.15, 0.2) is 30.3 Å². The molecule has 1 saturated heterocycles. The van der Waals surface area contributed by atoms with E-state index in [0.717, 1.165) is 60.3 Å². The Morgan fingerprint density at radius 1 is 1.32 bits per heavy atom. The van der Waals surface area contributed by atoms with Gasteiger partial charge in [0.1, 0.15) is 5.65 Å². The van der Waals surface area contributed by atoms with Crippen LogP contribution < -0.4 is 5.32 Å². The molecule has 1 spiro atoms. The standard InChI is InChI=1S/C23H29N6OP/c1-4-24-22(30)28-8-6-23(15-28)7-9-29-20(23)12-19(27-29)17-11-18-16(5-10-31(2)3)13-25-21(18)26-14-17/h5,10-14H,4,6-9,15H2,1-3H3,(H,24,30)(H,25,26)/b10-5+. The van der Waals surface area contributed by atoms with Gasteiger partial charge >= 0.3 is 6.03 Å². The number of hydrogen-bond acceptors (Lipinski definition) is 3. The highest BCUT2D eigenvalue weighted by Crippen LogP contribution is 2.44. The van der Waals surface area contributed by atoms with Crippen LogP contribution in [-0.4, -0.2) is 63.6 Å². The minimum absolute atomic E-state index is 0.0231. The van der Waals surface area contributed by atoms with Crippen molar-refractivity contribution in [2.24, 2.45) is 0 Å². The predicted octanol–water partition coefficient (Wildman–Crippen LogP) is 4.22. The van der Waals surface area contributed by atoms with E-state index in [1.165, 1.54) is 5.69 Å². The molecule has 3 aromatic heterocycles. The number of pyridine rings is 1. The fourth-order valence-electron chi connectivity index (χ4n) is 4.86. The normalized spacial score (nSPS) is 20.6. The third-order valence-corrected chi connectivity index (χ3v) is 7.25. The summed E-state index contributed by atoms with van der Waals surface area (Å²) >= 11 is 0. The van der Waals surface area contributed by atoms with Crippen molar-refractivity contribution in [1.82, 2.24) is 30.0 Å². The molecule has 2 aliphatic heterocycles. The van der Waals surface area contributed by atoms with Gasteiger partial charge in [0, 0.05) is 66.2 Å². The number of carbonyl (C=O) groups excluding carboxylic acids is 1. The Kier molecular flexibility index (Phi) is 5.09. The van der Waals surface area contributed by atoms with Gasteiger partial charge in [-0.25, -0.2) is 9.78 Å². The van der Waals surface area contributed by atoms with Crippen LogP contribution in [-0.2, 0) is 12.0 Å². The number of fused-ring (bicyclic) bond motifs is 3. The molecule has 0 radical (unpaired) electrons. The largest absolute Gasteiger partial charge is 0.346 e. The quantitative estimate of drug-likeness (QED) is 0.601. The van der Waals surface area contributed by atoms with E-state index in [9.17, 15) is 4.79 Å². The Bertz CT molecular complexity index is 1160. The number of aromatic nitrogens is 4. The minimum atomic E-state index is -0.0907. The van der Waals surface area contributed by atoms with Crippen LogP contribution in [0.4, 0.5) is 4.79 Å². The van der Waals surface area contributed by atoms with Gasteiger partial charge in [0.2, 0.25) is 0 Å². The second kappa shape index (κ2) is 7.79. The van der Waals surface area contributed by atoms with Crippen molar-refractivity contribution >= 4 is 31.1 Å². The molecule has 1 atom stereocenters. The number of rotatable bonds is 4. The zero-order chi connectivity index (χ0) is 21.6. The molecule has 1 fully saturated rings. The molecule has 0 aromatic carbocycles. The summed E-state index contributed by atoms with van der Waals surface area (Å²) in [7, 11) is -0.0907. The van der Waals surface area contributed by atoms with Crippen molar-refractivity contribution in [2.75, 3.05) is 33.0 Å².